The molecule has 0 saturated heterocycles. The molecule has 0 N–H and O–H groups in total. The molecule has 7 heteroatoms. The van der Waals surface area contributed by atoms with E-state index in [2.05, 4.69) is 13.8 Å². The molecule has 0 aliphatic carbocycles. The van der Waals surface area contributed by atoms with E-state index in [1.165, 1.54) is 173 Å². The van der Waals surface area contributed by atoms with Crippen molar-refractivity contribution in [2.24, 2.45) is 0 Å². The summed E-state index contributed by atoms with van der Waals surface area (Å²) in [6.45, 7) is 4.89. The number of ether oxygens (including phenoxy) is 1. The van der Waals surface area contributed by atoms with Gasteiger partial charge in [0.25, 0.3) is 0 Å². The van der Waals surface area contributed by atoms with E-state index in [1.807, 2.05) is 0 Å². The summed E-state index contributed by atoms with van der Waals surface area (Å²) in [7, 11) is 0. The molecule has 0 saturated carbocycles. The Morgan fingerprint density at radius 1 is 0.426 bits per heavy atom. The minimum absolute atomic E-state index is 0. The largest absolute Gasteiger partial charge is 2.00 e. The first-order chi connectivity index (χ1) is 22.4. The van der Waals surface area contributed by atoms with Crippen molar-refractivity contribution in [3.8, 4) is 0 Å². The predicted molar refractivity (Wildman–Crippen MR) is 195 cm³/mol. The van der Waals surface area contributed by atoms with E-state index in [0.717, 1.165) is 31.8 Å². The van der Waals surface area contributed by atoms with Crippen LogP contribution in [0.4, 0.5) is 0 Å². The first-order valence-electron chi connectivity index (χ1n) is 19.7. The van der Waals surface area contributed by atoms with Crippen molar-refractivity contribution in [3.63, 3.8) is 0 Å². The molecule has 0 amide bonds. The van der Waals surface area contributed by atoms with Gasteiger partial charge in [-0.15, -0.1) is 0 Å². The van der Waals surface area contributed by atoms with Crippen molar-refractivity contribution in [2.45, 2.75) is 219 Å². The van der Waals surface area contributed by atoms with Crippen LogP contribution in [0.5, 0.6) is 0 Å². The number of carboxylic acids is 2. The van der Waals surface area contributed by atoms with Crippen LogP contribution in [0.1, 0.15) is 219 Å². The van der Waals surface area contributed by atoms with Gasteiger partial charge in [0.15, 0.2) is 0 Å². The van der Waals surface area contributed by atoms with E-state index in [1.54, 1.807) is 0 Å². The Hall–Kier alpha value is -1.08. The van der Waals surface area contributed by atoms with Crippen LogP contribution in [0.2, 0.25) is 0 Å². The molecule has 47 heavy (non-hydrogen) atoms. The fraction of sp³-hybridized carbons (Fsp3) is 0.875. The van der Waals surface area contributed by atoms with Crippen LogP contribution in [0.25, 0.3) is 0 Å². The van der Waals surface area contributed by atoms with Crippen molar-refractivity contribution in [3.05, 3.63) is 12.2 Å². The summed E-state index contributed by atoms with van der Waals surface area (Å²) >= 11 is 0. The van der Waals surface area contributed by atoms with Crippen LogP contribution in [-0.2, 0) is 19.1 Å². The number of hydrogen-bond acceptors (Lipinski definition) is 6. The second-order valence-electron chi connectivity index (χ2n) is 13.2. The second kappa shape index (κ2) is 44.9. The van der Waals surface area contributed by atoms with Gasteiger partial charge < -0.3 is 24.5 Å². The minimum atomic E-state index is -1.38. The maximum absolute atomic E-state index is 11.1. The zero-order valence-electron chi connectivity index (χ0n) is 31.1. The molecule has 0 rings (SSSR count). The number of aliphatic carboxylic acids is 2. The van der Waals surface area contributed by atoms with Gasteiger partial charge >= 0.3 is 29.0 Å². The number of rotatable bonds is 35. The maximum atomic E-state index is 11.1. The molecule has 0 unspecified atom stereocenters. The van der Waals surface area contributed by atoms with Crippen LogP contribution < -0.4 is 10.2 Å². The van der Waals surface area contributed by atoms with Crippen molar-refractivity contribution in [2.75, 3.05) is 6.61 Å². The van der Waals surface area contributed by atoms with Gasteiger partial charge in [-0.2, -0.15) is 0 Å². The zero-order valence-corrected chi connectivity index (χ0v) is 32.6. The monoisotopic (exact) mass is 675 g/mol. The molecule has 0 aliphatic heterocycles. The summed E-state index contributed by atoms with van der Waals surface area (Å²) in [5, 5.41) is 20.4. The van der Waals surface area contributed by atoms with Crippen molar-refractivity contribution in [1.82, 2.24) is 0 Å². The number of unbranched alkanes of at least 4 members (excludes halogenated alkanes) is 29. The Kier molecular flexibility index (Phi) is 48.1. The topological polar surface area (TPSA) is 107 Å². The average Bonchev–Trinajstić information content (AvgIpc) is 3.03. The quantitative estimate of drug-likeness (QED) is 0.0287. The van der Waals surface area contributed by atoms with E-state index >= 15 is 0 Å². The predicted octanol–water partition coefficient (Wildman–Crippen LogP) is 9.71. The Labute approximate surface area is 307 Å². The van der Waals surface area contributed by atoms with Crippen LogP contribution >= 0.6 is 0 Å². The molecule has 0 radical (unpaired) electrons. The second-order valence-corrected chi connectivity index (χ2v) is 13.2. The third-order valence-electron chi connectivity index (χ3n) is 8.58. The van der Waals surface area contributed by atoms with Gasteiger partial charge in [-0.1, -0.05) is 200 Å². The normalized spacial score (nSPS) is 10.8. The summed E-state index contributed by atoms with van der Waals surface area (Å²) in [6, 6.07) is 0. The summed E-state index contributed by atoms with van der Waals surface area (Å²) < 4.78 is 4.89. The standard InChI is InChI=1S/C22H40O4.C18H36O2.Mg/c1-2-3-4-5-6-7-8-9-10-11-12-13-14-15-16-17-20-26-22(25)19-18-21(23)24;1-2-3-4-5-6-7-8-9-10-11-12-13-14-15-16-17-18(19)20;/h18-19H,2-17,20H2,1H3,(H,23,24);2-17H2,1H3,(H,19,20);/q;;+2/p-2/b19-18+;;. The fourth-order valence-electron chi connectivity index (χ4n) is 5.65. The number of hydrogen-bond donors (Lipinski definition) is 0. The third-order valence-corrected chi connectivity index (χ3v) is 8.58. The molecule has 0 aromatic heterocycles. The van der Waals surface area contributed by atoms with Crippen LogP contribution in [0.15, 0.2) is 12.2 Å². The van der Waals surface area contributed by atoms with E-state index in [9.17, 15) is 24.6 Å². The number of carbonyl (C=O) groups excluding carboxylic acids is 3. The molecule has 0 atom stereocenters. The van der Waals surface area contributed by atoms with E-state index in [-0.39, 0.29) is 29.5 Å². The number of carbonyl (C=O) groups is 3. The molecule has 0 spiro atoms. The summed E-state index contributed by atoms with van der Waals surface area (Å²) in [6.07, 6.45) is 42.3. The third kappa shape index (κ3) is 51.9. The molecule has 0 bridgehead atoms. The maximum Gasteiger partial charge on any atom is 2.00 e. The van der Waals surface area contributed by atoms with E-state index in [4.69, 9.17) is 4.74 Å². The van der Waals surface area contributed by atoms with Gasteiger partial charge in [0.05, 0.1) is 12.6 Å². The summed E-state index contributed by atoms with van der Waals surface area (Å²) in [5.74, 6) is -2.90. The first-order valence-corrected chi connectivity index (χ1v) is 19.7. The van der Waals surface area contributed by atoms with Crippen LogP contribution in [0, 0.1) is 0 Å². The van der Waals surface area contributed by atoms with Gasteiger partial charge in [0.1, 0.15) is 0 Å². The molecule has 6 nitrogen and oxygen atoms in total. The Balaban J connectivity index is -0.000000833. The molecule has 0 fully saturated rings. The van der Waals surface area contributed by atoms with Crippen molar-refractivity contribution >= 4 is 41.0 Å². The molecule has 0 heterocycles. The first kappa shape index (κ1) is 50.3. The fourth-order valence-corrected chi connectivity index (χ4v) is 5.65. The van der Waals surface area contributed by atoms with Crippen molar-refractivity contribution < 1.29 is 29.3 Å². The SMILES string of the molecule is CCCCCCCCCCCCCCCCCC(=O)[O-].CCCCCCCCCCCCCCCCCCOC(=O)/C=C/C(=O)[O-].[Mg+2]. The Morgan fingerprint density at radius 2 is 0.702 bits per heavy atom. The summed E-state index contributed by atoms with van der Waals surface area (Å²) in [4.78, 5) is 31.5. The van der Waals surface area contributed by atoms with E-state index < -0.39 is 17.9 Å². The van der Waals surface area contributed by atoms with Crippen LogP contribution in [0.3, 0.4) is 0 Å². The number of esters is 1. The van der Waals surface area contributed by atoms with E-state index in [0.29, 0.717) is 12.7 Å². The van der Waals surface area contributed by atoms with Gasteiger partial charge in [-0.25, -0.2) is 4.79 Å². The van der Waals surface area contributed by atoms with Gasteiger partial charge in [0, 0.05) is 12.0 Å². The Bertz CT molecular complexity index is 682. The van der Waals surface area contributed by atoms with Crippen molar-refractivity contribution in [1.29, 1.82) is 0 Å². The molecule has 272 valence electrons. The average molecular weight is 675 g/mol. The molecule has 0 aromatic carbocycles. The summed E-state index contributed by atoms with van der Waals surface area (Å²) in [5.41, 5.74) is 0. The number of carboxylic acid groups (broad SMARTS) is 2. The minimum Gasteiger partial charge on any atom is -0.550 e. The molecular weight excluding hydrogens is 601 g/mol. The molecule has 0 aromatic rings. The zero-order chi connectivity index (χ0) is 34.2. The smallest absolute Gasteiger partial charge is 0.550 e. The van der Waals surface area contributed by atoms with Gasteiger partial charge in [-0.3, -0.25) is 0 Å². The van der Waals surface area contributed by atoms with Gasteiger partial charge in [-0.05, 0) is 25.3 Å². The van der Waals surface area contributed by atoms with Crippen LogP contribution in [-0.4, -0.2) is 47.6 Å². The van der Waals surface area contributed by atoms with Gasteiger partial charge in [0.2, 0.25) is 0 Å². The Morgan fingerprint density at radius 3 is 0.979 bits per heavy atom. The molecule has 0 aliphatic rings. The molecular formula is C40H74MgO6.